The molecule has 1 aliphatic heterocycles. The van der Waals surface area contributed by atoms with E-state index in [0.717, 1.165) is 45.0 Å². The standard InChI is InChI=1S/C46H35BN2/c1-8-22-36(23-9-1)43-44(37-24-10-2-11-25-37)46(39-28-14-4-15-29-39)49(42-34-20-7-21-35-42)47(40-30-16-5-17-31-40)48(41-32-18-6-19-33-41)45(43)38-26-12-3-13-27-38/h1-35H. The number of nitrogens with zero attached hydrogens (tertiary/aromatic N) is 2. The van der Waals surface area contributed by atoms with Crippen LogP contribution < -0.4 is 15.1 Å². The highest BCUT2D eigenvalue weighted by molar-refractivity contribution is 6.84. The van der Waals surface area contributed by atoms with Gasteiger partial charge >= 0.3 is 6.98 Å². The van der Waals surface area contributed by atoms with Gasteiger partial charge in [-0.2, -0.15) is 0 Å². The van der Waals surface area contributed by atoms with Gasteiger partial charge in [0.1, 0.15) is 0 Å². The predicted octanol–water partition coefficient (Wildman–Crippen LogP) is 10.5. The molecule has 0 bridgehead atoms. The zero-order chi connectivity index (χ0) is 32.8. The van der Waals surface area contributed by atoms with E-state index in [0.29, 0.717) is 0 Å². The van der Waals surface area contributed by atoms with Crippen LogP contribution in [0, 0.1) is 0 Å². The number of benzene rings is 7. The van der Waals surface area contributed by atoms with E-state index in [2.05, 4.69) is 222 Å². The molecule has 3 heteroatoms. The Morgan fingerprint density at radius 1 is 0.265 bits per heavy atom. The van der Waals surface area contributed by atoms with Crippen molar-refractivity contribution in [1.82, 2.24) is 0 Å². The molecule has 0 atom stereocenters. The first-order chi connectivity index (χ1) is 24.4. The van der Waals surface area contributed by atoms with Crippen molar-refractivity contribution in [1.29, 1.82) is 0 Å². The Balaban J connectivity index is 1.65. The minimum Gasteiger partial charge on any atom is -0.361 e. The van der Waals surface area contributed by atoms with Gasteiger partial charge in [0, 0.05) is 33.9 Å². The SMILES string of the molecule is c1ccc(B2N(c3ccccc3)C(c3ccccc3)=C(c3ccccc3)C(c3ccccc3)=C(c3ccccc3)N2c2ccccc2)cc1. The van der Waals surface area contributed by atoms with Gasteiger partial charge in [0.2, 0.25) is 0 Å². The van der Waals surface area contributed by atoms with Crippen molar-refractivity contribution in [2.24, 2.45) is 0 Å². The molecule has 2 nitrogen and oxygen atoms in total. The zero-order valence-electron chi connectivity index (χ0n) is 27.2. The number of hydrogen-bond donors (Lipinski definition) is 0. The Kier molecular flexibility index (Phi) is 8.47. The fraction of sp³-hybridized carbons (Fsp3) is 0. The van der Waals surface area contributed by atoms with Gasteiger partial charge < -0.3 is 9.62 Å². The van der Waals surface area contributed by atoms with Gasteiger partial charge in [-0.1, -0.05) is 188 Å². The molecule has 1 aliphatic rings. The van der Waals surface area contributed by atoms with Crippen molar-refractivity contribution in [3.8, 4) is 0 Å². The van der Waals surface area contributed by atoms with Crippen LogP contribution in [0.15, 0.2) is 212 Å². The molecule has 0 amide bonds. The number of rotatable bonds is 7. The Labute approximate surface area is 289 Å². The lowest BCUT2D eigenvalue weighted by Gasteiger charge is -2.41. The average molecular weight is 627 g/mol. The lowest BCUT2D eigenvalue weighted by atomic mass is 9.62. The predicted molar refractivity (Wildman–Crippen MR) is 209 cm³/mol. The number of allylic oxidation sites excluding steroid dienone is 2. The molecule has 0 radical (unpaired) electrons. The van der Waals surface area contributed by atoms with Crippen LogP contribution in [0.5, 0.6) is 0 Å². The van der Waals surface area contributed by atoms with E-state index in [1.807, 2.05) is 0 Å². The summed E-state index contributed by atoms with van der Waals surface area (Å²) in [5, 5.41) is 0. The third-order valence-electron chi connectivity index (χ3n) is 9.08. The first-order valence-electron chi connectivity index (χ1n) is 16.8. The Hall–Kier alpha value is -6.32. The maximum atomic E-state index is 2.55. The first kappa shape index (κ1) is 30.0. The maximum Gasteiger partial charge on any atom is 0.420 e. The van der Waals surface area contributed by atoms with Crippen LogP contribution >= 0.6 is 0 Å². The van der Waals surface area contributed by atoms with Crippen LogP contribution in [0.4, 0.5) is 11.4 Å². The van der Waals surface area contributed by atoms with Gasteiger partial charge in [-0.3, -0.25) is 0 Å². The molecular formula is C46H35BN2. The van der Waals surface area contributed by atoms with E-state index < -0.39 is 0 Å². The van der Waals surface area contributed by atoms with Crippen molar-refractivity contribution in [3.63, 3.8) is 0 Å². The zero-order valence-corrected chi connectivity index (χ0v) is 27.2. The molecule has 0 aromatic heterocycles. The summed E-state index contributed by atoms with van der Waals surface area (Å²) >= 11 is 0. The van der Waals surface area contributed by atoms with Crippen molar-refractivity contribution >= 4 is 46.4 Å². The largest absolute Gasteiger partial charge is 0.420 e. The first-order valence-corrected chi connectivity index (χ1v) is 16.8. The second-order valence-corrected chi connectivity index (χ2v) is 12.1. The summed E-state index contributed by atoms with van der Waals surface area (Å²) in [4.78, 5) is 5.11. The Morgan fingerprint density at radius 2 is 0.531 bits per heavy atom. The molecule has 0 N–H and O–H groups in total. The highest BCUT2D eigenvalue weighted by Crippen LogP contribution is 2.49. The summed E-state index contributed by atoms with van der Waals surface area (Å²) in [5.41, 5.74) is 12.6. The Bertz CT molecular complexity index is 2040. The van der Waals surface area contributed by atoms with Crippen molar-refractivity contribution < 1.29 is 0 Å². The van der Waals surface area contributed by atoms with Crippen molar-refractivity contribution in [3.05, 3.63) is 235 Å². The van der Waals surface area contributed by atoms with Crippen molar-refractivity contribution in [2.45, 2.75) is 0 Å². The summed E-state index contributed by atoms with van der Waals surface area (Å²) in [6.07, 6.45) is 0. The summed E-state index contributed by atoms with van der Waals surface area (Å²) in [5.74, 6) is 0. The molecule has 0 aliphatic carbocycles. The maximum absolute atomic E-state index is 2.55. The second-order valence-electron chi connectivity index (χ2n) is 12.1. The molecule has 0 saturated heterocycles. The van der Waals surface area contributed by atoms with E-state index in [-0.39, 0.29) is 6.98 Å². The van der Waals surface area contributed by atoms with Crippen LogP contribution in [-0.4, -0.2) is 6.98 Å². The fourth-order valence-corrected chi connectivity index (χ4v) is 7.01. The van der Waals surface area contributed by atoms with Crippen LogP contribution in [-0.2, 0) is 0 Å². The average Bonchev–Trinajstić information content (AvgIpc) is 3.34. The summed E-state index contributed by atoms with van der Waals surface area (Å²) < 4.78 is 0. The van der Waals surface area contributed by atoms with Gasteiger partial charge in [0.25, 0.3) is 0 Å². The minimum absolute atomic E-state index is 0.267. The molecule has 1 heterocycles. The lowest BCUT2D eigenvalue weighted by molar-refractivity contribution is 1.31. The number of hydrogen-bond acceptors (Lipinski definition) is 2. The molecule has 232 valence electrons. The molecule has 0 unspecified atom stereocenters. The molecule has 0 saturated carbocycles. The monoisotopic (exact) mass is 626 g/mol. The van der Waals surface area contributed by atoms with Crippen LogP contribution in [0.1, 0.15) is 22.3 Å². The summed E-state index contributed by atoms with van der Waals surface area (Å²) in [7, 11) is 0. The lowest BCUT2D eigenvalue weighted by Crippen LogP contribution is -2.59. The molecule has 8 rings (SSSR count). The Morgan fingerprint density at radius 3 is 0.857 bits per heavy atom. The van der Waals surface area contributed by atoms with Gasteiger partial charge in [-0.25, -0.2) is 0 Å². The van der Waals surface area contributed by atoms with Crippen LogP contribution in [0.2, 0.25) is 0 Å². The topological polar surface area (TPSA) is 6.48 Å². The highest BCUT2D eigenvalue weighted by Gasteiger charge is 2.43. The smallest absolute Gasteiger partial charge is 0.361 e. The van der Waals surface area contributed by atoms with E-state index in [1.165, 1.54) is 16.6 Å². The third kappa shape index (κ3) is 5.88. The molecular weight excluding hydrogens is 591 g/mol. The van der Waals surface area contributed by atoms with E-state index >= 15 is 0 Å². The molecule has 7 aromatic rings. The molecule has 7 aromatic carbocycles. The normalized spacial score (nSPS) is 13.4. The summed E-state index contributed by atoms with van der Waals surface area (Å²) in [6, 6.07) is 76.3. The van der Waals surface area contributed by atoms with Crippen LogP contribution in [0.25, 0.3) is 22.5 Å². The quantitative estimate of drug-likeness (QED) is 0.163. The molecule has 0 spiro atoms. The van der Waals surface area contributed by atoms with Gasteiger partial charge in [-0.15, -0.1) is 0 Å². The van der Waals surface area contributed by atoms with Gasteiger partial charge in [0.15, 0.2) is 0 Å². The van der Waals surface area contributed by atoms with Gasteiger partial charge in [-0.05, 0) is 52.0 Å². The fourth-order valence-electron chi connectivity index (χ4n) is 7.01. The van der Waals surface area contributed by atoms with E-state index in [1.54, 1.807) is 0 Å². The number of anilines is 2. The third-order valence-corrected chi connectivity index (χ3v) is 9.08. The summed E-state index contributed by atoms with van der Waals surface area (Å²) in [6.45, 7) is -0.267. The van der Waals surface area contributed by atoms with Gasteiger partial charge in [0.05, 0.1) is 0 Å². The number of para-hydroxylation sites is 2. The van der Waals surface area contributed by atoms with E-state index in [4.69, 9.17) is 0 Å². The molecule has 0 fully saturated rings. The van der Waals surface area contributed by atoms with Crippen LogP contribution in [0.3, 0.4) is 0 Å². The minimum atomic E-state index is -0.267. The molecule has 49 heavy (non-hydrogen) atoms. The van der Waals surface area contributed by atoms with Crippen molar-refractivity contribution in [2.75, 3.05) is 9.62 Å². The second kappa shape index (κ2) is 13.8. The van der Waals surface area contributed by atoms with E-state index in [9.17, 15) is 0 Å². The highest BCUT2D eigenvalue weighted by atomic mass is 15.2.